The van der Waals surface area contributed by atoms with Crippen molar-refractivity contribution in [2.24, 2.45) is 0 Å². The Bertz CT molecular complexity index is 450. The third kappa shape index (κ3) is 4.52. The third-order valence-electron chi connectivity index (χ3n) is 2.36. The highest BCUT2D eigenvalue weighted by molar-refractivity contribution is 6.32. The molecule has 19 heavy (non-hydrogen) atoms. The first kappa shape index (κ1) is 15.4. The van der Waals surface area contributed by atoms with Crippen molar-refractivity contribution >= 4 is 23.2 Å². The summed E-state index contributed by atoms with van der Waals surface area (Å²) in [5, 5.41) is 6.23. The fourth-order valence-corrected chi connectivity index (χ4v) is 1.79. The number of hydrogen-bond donors (Lipinski definition) is 2. The zero-order chi connectivity index (χ0) is 14.4. The second-order valence-electron chi connectivity index (χ2n) is 4.26. The highest BCUT2D eigenvalue weighted by Crippen LogP contribution is 2.35. The quantitative estimate of drug-likeness (QED) is 0.842. The van der Waals surface area contributed by atoms with Crippen LogP contribution in [0.4, 0.5) is 5.69 Å². The van der Waals surface area contributed by atoms with Gasteiger partial charge in [-0.3, -0.25) is 4.79 Å². The molecule has 5 nitrogen and oxygen atoms in total. The van der Waals surface area contributed by atoms with Gasteiger partial charge in [0.2, 0.25) is 5.91 Å². The molecular formula is C13H19ClN2O3. The maximum atomic E-state index is 11.6. The van der Waals surface area contributed by atoms with E-state index in [0.717, 1.165) is 0 Å². The molecule has 6 heteroatoms. The molecule has 0 saturated heterocycles. The number of ether oxygens (including phenoxy) is 2. The van der Waals surface area contributed by atoms with Crippen molar-refractivity contribution in [3.8, 4) is 11.5 Å². The molecule has 0 saturated carbocycles. The van der Waals surface area contributed by atoms with E-state index in [1.54, 1.807) is 19.2 Å². The van der Waals surface area contributed by atoms with Crippen LogP contribution < -0.4 is 20.1 Å². The number of halogens is 1. The smallest absolute Gasteiger partial charge is 0.239 e. The van der Waals surface area contributed by atoms with Gasteiger partial charge >= 0.3 is 0 Å². The fraction of sp³-hybridized carbons (Fsp3) is 0.462. The summed E-state index contributed by atoms with van der Waals surface area (Å²) in [7, 11) is 3.08. The first-order chi connectivity index (χ1) is 8.97. The summed E-state index contributed by atoms with van der Waals surface area (Å²) in [5.74, 6) is 0.998. The molecule has 0 fully saturated rings. The van der Waals surface area contributed by atoms with Crippen molar-refractivity contribution in [1.82, 2.24) is 5.32 Å². The van der Waals surface area contributed by atoms with E-state index in [4.69, 9.17) is 21.1 Å². The average Bonchev–Trinajstić information content (AvgIpc) is 2.35. The topological polar surface area (TPSA) is 59.6 Å². The number of hydrogen-bond acceptors (Lipinski definition) is 4. The third-order valence-corrected chi connectivity index (χ3v) is 2.66. The molecule has 0 bridgehead atoms. The van der Waals surface area contributed by atoms with Crippen LogP contribution in [0.1, 0.15) is 13.8 Å². The summed E-state index contributed by atoms with van der Waals surface area (Å²) in [6, 6.07) is 3.45. The number of benzene rings is 1. The Hall–Kier alpha value is -1.62. The van der Waals surface area contributed by atoms with Gasteiger partial charge in [-0.2, -0.15) is 0 Å². The SMILES string of the molecule is COc1cc(OC)c(NCC(=O)NC(C)C)cc1Cl. The van der Waals surface area contributed by atoms with E-state index < -0.39 is 0 Å². The van der Waals surface area contributed by atoms with Crippen molar-refractivity contribution in [2.75, 3.05) is 26.1 Å². The zero-order valence-corrected chi connectivity index (χ0v) is 12.3. The van der Waals surface area contributed by atoms with E-state index in [0.29, 0.717) is 22.2 Å². The van der Waals surface area contributed by atoms with Crippen molar-refractivity contribution in [2.45, 2.75) is 19.9 Å². The van der Waals surface area contributed by atoms with Crippen LogP contribution in [0.25, 0.3) is 0 Å². The molecule has 0 radical (unpaired) electrons. The molecule has 0 aliphatic carbocycles. The standard InChI is InChI=1S/C13H19ClN2O3/c1-8(2)16-13(17)7-15-10-5-9(14)11(18-3)6-12(10)19-4/h5-6,8,15H,7H2,1-4H3,(H,16,17). The summed E-state index contributed by atoms with van der Waals surface area (Å²) in [5.41, 5.74) is 0.646. The molecule has 1 amide bonds. The molecule has 0 heterocycles. The highest BCUT2D eigenvalue weighted by atomic mass is 35.5. The molecule has 1 aromatic carbocycles. The normalized spacial score (nSPS) is 10.2. The number of anilines is 1. The van der Waals surface area contributed by atoms with Gasteiger partial charge in [-0.05, 0) is 19.9 Å². The van der Waals surface area contributed by atoms with Crippen molar-refractivity contribution in [1.29, 1.82) is 0 Å². The predicted molar refractivity (Wildman–Crippen MR) is 76.3 cm³/mol. The first-order valence-corrected chi connectivity index (χ1v) is 6.30. The Labute approximate surface area is 118 Å². The van der Waals surface area contributed by atoms with Gasteiger partial charge in [-0.15, -0.1) is 0 Å². The minimum absolute atomic E-state index is 0.0935. The Morgan fingerprint density at radius 1 is 1.26 bits per heavy atom. The zero-order valence-electron chi connectivity index (χ0n) is 11.5. The number of nitrogens with one attached hydrogen (secondary N) is 2. The van der Waals surface area contributed by atoms with Crippen LogP contribution in [0.3, 0.4) is 0 Å². The lowest BCUT2D eigenvalue weighted by molar-refractivity contribution is -0.119. The predicted octanol–water partition coefficient (Wildman–Crippen LogP) is 2.29. The number of amides is 1. The van der Waals surface area contributed by atoms with Crippen molar-refractivity contribution in [3.05, 3.63) is 17.2 Å². The molecular weight excluding hydrogens is 268 g/mol. The number of rotatable bonds is 6. The average molecular weight is 287 g/mol. The van der Waals surface area contributed by atoms with Crippen LogP contribution in [0, 0.1) is 0 Å². The van der Waals surface area contributed by atoms with Gasteiger partial charge < -0.3 is 20.1 Å². The summed E-state index contributed by atoms with van der Waals surface area (Å²) in [6.07, 6.45) is 0. The van der Waals surface area contributed by atoms with Gasteiger partial charge in [0, 0.05) is 12.1 Å². The molecule has 0 aliphatic rings. The van der Waals surface area contributed by atoms with E-state index in [9.17, 15) is 4.79 Å². The van der Waals surface area contributed by atoms with Gasteiger partial charge in [0.25, 0.3) is 0 Å². The van der Waals surface area contributed by atoms with Crippen molar-refractivity contribution in [3.63, 3.8) is 0 Å². The fourth-order valence-electron chi connectivity index (χ4n) is 1.55. The van der Waals surface area contributed by atoms with Gasteiger partial charge in [0.05, 0.1) is 31.5 Å². The van der Waals surface area contributed by atoms with Gasteiger partial charge in [0.1, 0.15) is 11.5 Å². The maximum absolute atomic E-state index is 11.6. The number of methoxy groups -OCH3 is 2. The first-order valence-electron chi connectivity index (χ1n) is 5.92. The van der Waals surface area contributed by atoms with E-state index in [1.165, 1.54) is 7.11 Å². The van der Waals surface area contributed by atoms with E-state index in [2.05, 4.69) is 10.6 Å². The van der Waals surface area contributed by atoms with Gasteiger partial charge in [-0.1, -0.05) is 11.6 Å². The van der Waals surface area contributed by atoms with Crippen LogP contribution in [-0.4, -0.2) is 32.7 Å². The molecule has 0 unspecified atom stereocenters. The molecule has 0 spiro atoms. The molecule has 0 aliphatic heterocycles. The summed E-state index contributed by atoms with van der Waals surface area (Å²) < 4.78 is 10.3. The maximum Gasteiger partial charge on any atom is 0.239 e. The second-order valence-corrected chi connectivity index (χ2v) is 4.67. The van der Waals surface area contributed by atoms with Gasteiger partial charge in [-0.25, -0.2) is 0 Å². The Morgan fingerprint density at radius 2 is 1.89 bits per heavy atom. The highest BCUT2D eigenvalue weighted by Gasteiger charge is 2.11. The van der Waals surface area contributed by atoms with E-state index in [1.807, 2.05) is 13.8 Å². The molecule has 0 aromatic heterocycles. The minimum Gasteiger partial charge on any atom is -0.495 e. The van der Waals surface area contributed by atoms with Gasteiger partial charge in [0.15, 0.2) is 0 Å². The molecule has 106 valence electrons. The minimum atomic E-state index is -0.0935. The van der Waals surface area contributed by atoms with Crippen molar-refractivity contribution < 1.29 is 14.3 Å². The molecule has 0 atom stereocenters. The Balaban J connectivity index is 2.77. The summed E-state index contributed by atoms with van der Waals surface area (Å²) in [4.78, 5) is 11.6. The molecule has 1 aromatic rings. The number of carbonyl (C=O) groups excluding carboxylic acids is 1. The molecule has 2 N–H and O–H groups in total. The summed E-state index contributed by atoms with van der Waals surface area (Å²) >= 11 is 6.04. The Kier molecular flexibility index (Phi) is 5.76. The second kappa shape index (κ2) is 7.09. The van der Waals surface area contributed by atoms with Crippen LogP contribution in [0.2, 0.25) is 5.02 Å². The molecule has 1 rings (SSSR count). The van der Waals surface area contributed by atoms with Crippen LogP contribution in [-0.2, 0) is 4.79 Å². The van der Waals surface area contributed by atoms with E-state index in [-0.39, 0.29) is 18.5 Å². The van der Waals surface area contributed by atoms with E-state index >= 15 is 0 Å². The lowest BCUT2D eigenvalue weighted by Crippen LogP contribution is -2.34. The largest absolute Gasteiger partial charge is 0.495 e. The lowest BCUT2D eigenvalue weighted by atomic mass is 10.2. The summed E-state index contributed by atoms with van der Waals surface area (Å²) in [6.45, 7) is 3.96. The van der Waals surface area contributed by atoms with Crippen LogP contribution >= 0.6 is 11.6 Å². The Morgan fingerprint density at radius 3 is 2.42 bits per heavy atom. The monoisotopic (exact) mass is 286 g/mol. The number of carbonyl (C=O) groups is 1. The lowest BCUT2D eigenvalue weighted by Gasteiger charge is -2.14. The van der Waals surface area contributed by atoms with Crippen LogP contribution in [0.5, 0.6) is 11.5 Å². The van der Waals surface area contributed by atoms with Crippen LogP contribution in [0.15, 0.2) is 12.1 Å².